The van der Waals surface area contributed by atoms with Crippen LogP contribution in [0.1, 0.15) is 51.2 Å². The van der Waals surface area contributed by atoms with E-state index < -0.39 is 0 Å². The molecule has 0 aromatic carbocycles. The summed E-state index contributed by atoms with van der Waals surface area (Å²) < 4.78 is 5.33. The third kappa shape index (κ3) is 4.28. The molecular weight excluding hydrogens is 242 g/mol. The zero-order valence-corrected chi connectivity index (χ0v) is 12.0. The van der Waals surface area contributed by atoms with Gasteiger partial charge in [0.1, 0.15) is 0 Å². The van der Waals surface area contributed by atoms with E-state index in [-0.39, 0.29) is 6.61 Å². The minimum atomic E-state index is 0.254. The topological polar surface area (TPSA) is 62.4 Å². The molecule has 19 heavy (non-hydrogen) atoms. The summed E-state index contributed by atoms with van der Waals surface area (Å²) in [6, 6.07) is 0.458. The molecule has 1 aliphatic rings. The minimum Gasteiger partial charge on any atom is -0.396 e. The van der Waals surface area contributed by atoms with E-state index in [1.807, 2.05) is 0 Å². The Morgan fingerprint density at radius 2 is 2.26 bits per heavy atom. The molecule has 1 N–H and O–H groups in total. The third-order valence-electron chi connectivity index (χ3n) is 3.65. The first-order chi connectivity index (χ1) is 9.19. The van der Waals surface area contributed by atoms with Crippen LogP contribution in [0.4, 0.5) is 0 Å². The fraction of sp³-hybridized carbons (Fsp3) is 0.857. The maximum absolute atomic E-state index is 9.13. The van der Waals surface area contributed by atoms with E-state index in [1.165, 1.54) is 12.8 Å². The Kier molecular flexibility index (Phi) is 5.34. The Hall–Kier alpha value is -0.940. The smallest absolute Gasteiger partial charge is 0.240 e. The van der Waals surface area contributed by atoms with Crippen LogP contribution in [0.25, 0.3) is 0 Å². The molecule has 0 spiro atoms. The molecule has 2 rings (SSSR count). The van der Waals surface area contributed by atoms with Crippen LogP contribution in [0.5, 0.6) is 0 Å². The van der Waals surface area contributed by atoms with Crippen LogP contribution in [0.2, 0.25) is 0 Å². The van der Waals surface area contributed by atoms with Crippen molar-refractivity contribution in [3.05, 3.63) is 11.7 Å². The lowest BCUT2D eigenvalue weighted by atomic mass is 10.00. The molecule has 1 atom stereocenters. The Labute approximate surface area is 115 Å². The van der Waals surface area contributed by atoms with Crippen LogP contribution in [0.3, 0.4) is 0 Å². The SMILES string of the molecule is CC(C)Cc1noc(CN2CCCCC2CCO)n1. The van der Waals surface area contributed by atoms with E-state index in [9.17, 15) is 0 Å². The van der Waals surface area contributed by atoms with E-state index in [2.05, 4.69) is 28.9 Å². The van der Waals surface area contributed by atoms with Gasteiger partial charge in [-0.15, -0.1) is 0 Å². The van der Waals surface area contributed by atoms with Gasteiger partial charge in [0.25, 0.3) is 0 Å². The highest BCUT2D eigenvalue weighted by molar-refractivity contribution is 4.89. The molecule has 0 amide bonds. The molecule has 1 aliphatic heterocycles. The van der Waals surface area contributed by atoms with E-state index in [4.69, 9.17) is 9.63 Å². The number of aromatic nitrogens is 2. The molecule has 0 saturated carbocycles. The van der Waals surface area contributed by atoms with Gasteiger partial charge >= 0.3 is 0 Å². The Morgan fingerprint density at radius 3 is 3.00 bits per heavy atom. The molecule has 0 bridgehead atoms. The molecule has 0 radical (unpaired) electrons. The summed E-state index contributed by atoms with van der Waals surface area (Å²) in [6.07, 6.45) is 5.34. The molecular formula is C14H25N3O2. The highest BCUT2D eigenvalue weighted by Gasteiger charge is 2.23. The van der Waals surface area contributed by atoms with Crippen LogP contribution in [0.15, 0.2) is 4.52 Å². The van der Waals surface area contributed by atoms with Crippen LogP contribution >= 0.6 is 0 Å². The lowest BCUT2D eigenvalue weighted by molar-refractivity contribution is 0.100. The fourth-order valence-electron chi connectivity index (χ4n) is 2.72. The van der Waals surface area contributed by atoms with E-state index in [1.54, 1.807) is 0 Å². The van der Waals surface area contributed by atoms with Gasteiger partial charge in [0.2, 0.25) is 5.89 Å². The van der Waals surface area contributed by atoms with Gasteiger partial charge in [0, 0.05) is 19.1 Å². The maximum Gasteiger partial charge on any atom is 0.240 e. The second-order valence-electron chi connectivity index (χ2n) is 5.83. The average Bonchev–Trinajstić information content (AvgIpc) is 2.78. The van der Waals surface area contributed by atoms with Crippen LogP contribution in [0, 0.1) is 5.92 Å². The number of hydrogen-bond acceptors (Lipinski definition) is 5. The number of piperidine rings is 1. The quantitative estimate of drug-likeness (QED) is 0.854. The Balaban J connectivity index is 1.92. The first-order valence-corrected chi connectivity index (χ1v) is 7.35. The van der Waals surface area contributed by atoms with E-state index in [0.717, 1.165) is 38.2 Å². The van der Waals surface area contributed by atoms with Crippen LogP contribution in [-0.2, 0) is 13.0 Å². The summed E-state index contributed by atoms with van der Waals surface area (Å²) in [5, 5.41) is 13.2. The lowest BCUT2D eigenvalue weighted by Crippen LogP contribution is -2.39. The second kappa shape index (κ2) is 7.01. The van der Waals surface area contributed by atoms with Gasteiger partial charge in [-0.2, -0.15) is 4.98 Å². The summed E-state index contributed by atoms with van der Waals surface area (Å²) in [4.78, 5) is 6.82. The van der Waals surface area contributed by atoms with Gasteiger partial charge in [-0.25, -0.2) is 0 Å². The van der Waals surface area contributed by atoms with Crippen molar-refractivity contribution >= 4 is 0 Å². The number of aliphatic hydroxyl groups is 1. The molecule has 2 heterocycles. The van der Waals surface area contributed by atoms with Crippen molar-refractivity contribution in [1.29, 1.82) is 0 Å². The van der Waals surface area contributed by atoms with Crippen molar-refractivity contribution in [3.63, 3.8) is 0 Å². The zero-order valence-electron chi connectivity index (χ0n) is 12.0. The monoisotopic (exact) mass is 267 g/mol. The van der Waals surface area contributed by atoms with Gasteiger partial charge < -0.3 is 9.63 Å². The van der Waals surface area contributed by atoms with Gasteiger partial charge in [0.15, 0.2) is 5.82 Å². The highest BCUT2D eigenvalue weighted by Crippen LogP contribution is 2.21. The van der Waals surface area contributed by atoms with Crippen LogP contribution in [-0.4, -0.2) is 39.3 Å². The van der Waals surface area contributed by atoms with Gasteiger partial charge in [-0.05, 0) is 31.7 Å². The predicted octanol–water partition coefficient (Wildman–Crippen LogP) is 2.01. The highest BCUT2D eigenvalue weighted by atomic mass is 16.5. The van der Waals surface area contributed by atoms with Crippen molar-refractivity contribution in [1.82, 2.24) is 15.0 Å². The first kappa shape index (κ1) is 14.5. The fourth-order valence-corrected chi connectivity index (χ4v) is 2.72. The van der Waals surface area contributed by atoms with Crippen molar-refractivity contribution in [2.24, 2.45) is 5.92 Å². The number of rotatable bonds is 6. The van der Waals surface area contributed by atoms with Crippen molar-refractivity contribution in [2.45, 2.75) is 58.5 Å². The molecule has 5 nitrogen and oxygen atoms in total. The first-order valence-electron chi connectivity index (χ1n) is 7.35. The Bertz CT molecular complexity index is 377. The summed E-state index contributed by atoms with van der Waals surface area (Å²) in [5.41, 5.74) is 0. The number of hydrogen-bond donors (Lipinski definition) is 1. The summed E-state index contributed by atoms with van der Waals surface area (Å²) in [5.74, 6) is 2.06. The molecule has 0 aliphatic carbocycles. The van der Waals surface area contributed by atoms with Gasteiger partial charge in [-0.3, -0.25) is 4.90 Å². The number of likely N-dealkylation sites (tertiary alicyclic amines) is 1. The zero-order chi connectivity index (χ0) is 13.7. The van der Waals surface area contributed by atoms with Crippen molar-refractivity contribution < 1.29 is 9.63 Å². The minimum absolute atomic E-state index is 0.254. The molecule has 1 aromatic heterocycles. The van der Waals surface area contributed by atoms with Gasteiger partial charge in [-0.1, -0.05) is 25.4 Å². The van der Waals surface area contributed by atoms with Crippen molar-refractivity contribution in [2.75, 3.05) is 13.2 Å². The third-order valence-corrected chi connectivity index (χ3v) is 3.65. The standard InChI is InChI=1S/C14H25N3O2/c1-11(2)9-13-15-14(19-16-13)10-17-7-4-3-5-12(17)6-8-18/h11-12,18H,3-10H2,1-2H3. The molecule has 108 valence electrons. The summed E-state index contributed by atoms with van der Waals surface area (Å²) in [6.45, 7) is 6.34. The molecule has 1 fully saturated rings. The summed E-state index contributed by atoms with van der Waals surface area (Å²) >= 11 is 0. The van der Waals surface area contributed by atoms with Crippen molar-refractivity contribution in [3.8, 4) is 0 Å². The number of aliphatic hydroxyl groups excluding tert-OH is 1. The van der Waals surface area contributed by atoms with E-state index >= 15 is 0 Å². The van der Waals surface area contributed by atoms with Crippen LogP contribution < -0.4 is 0 Å². The maximum atomic E-state index is 9.13. The second-order valence-corrected chi connectivity index (χ2v) is 5.83. The number of nitrogens with zero attached hydrogens (tertiary/aromatic N) is 3. The largest absolute Gasteiger partial charge is 0.396 e. The predicted molar refractivity (Wildman–Crippen MR) is 72.6 cm³/mol. The lowest BCUT2D eigenvalue weighted by Gasteiger charge is -2.34. The summed E-state index contributed by atoms with van der Waals surface area (Å²) in [7, 11) is 0. The molecule has 1 unspecified atom stereocenters. The normalized spacial score (nSPS) is 21.2. The molecule has 5 heteroatoms. The Morgan fingerprint density at radius 1 is 1.42 bits per heavy atom. The van der Waals surface area contributed by atoms with E-state index in [0.29, 0.717) is 17.9 Å². The molecule has 1 aromatic rings. The molecule has 1 saturated heterocycles. The van der Waals surface area contributed by atoms with Gasteiger partial charge in [0.05, 0.1) is 6.54 Å². The average molecular weight is 267 g/mol.